The van der Waals surface area contributed by atoms with Gasteiger partial charge in [-0.2, -0.15) is 0 Å². The monoisotopic (exact) mass is 396 g/mol. The van der Waals surface area contributed by atoms with Crippen LogP contribution in [0.4, 0.5) is 5.69 Å². The Bertz CT molecular complexity index is 1010. The van der Waals surface area contributed by atoms with Crippen molar-refractivity contribution in [1.29, 1.82) is 0 Å². The topological polar surface area (TPSA) is 23.6 Å². The number of nitrogens with zero attached hydrogens (tertiary/aromatic N) is 2. The van der Waals surface area contributed by atoms with E-state index < -0.39 is 0 Å². The van der Waals surface area contributed by atoms with Gasteiger partial charge in [-0.25, -0.2) is 0 Å². The number of benzene rings is 3. The Hall–Kier alpha value is -2.91. The number of hydrogen-bond acceptors (Lipinski definition) is 2. The molecule has 0 spiro atoms. The van der Waals surface area contributed by atoms with E-state index in [0.29, 0.717) is 5.92 Å². The molecule has 0 aliphatic carbocycles. The Morgan fingerprint density at radius 3 is 2.20 bits per heavy atom. The molecule has 0 saturated carbocycles. The number of amides is 1. The summed E-state index contributed by atoms with van der Waals surface area (Å²) in [6, 6.07) is 27.3. The van der Waals surface area contributed by atoms with Crippen molar-refractivity contribution < 1.29 is 4.79 Å². The van der Waals surface area contributed by atoms with Crippen LogP contribution in [0.3, 0.4) is 0 Å². The van der Waals surface area contributed by atoms with Crippen LogP contribution < -0.4 is 4.90 Å². The highest BCUT2D eigenvalue weighted by Crippen LogP contribution is 2.46. The van der Waals surface area contributed by atoms with Crippen molar-refractivity contribution in [3.63, 3.8) is 0 Å². The largest absolute Gasteiger partial charge is 0.308 e. The summed E-state index contributed by atoms with van der Waals surface area (Å²) >= 11 is 0. The molecule has 3 aromatic carbocycles. The van der Waals surface area contributed by atoms with Crippen LogP contribution in [0.1, 0.15) is 40.5 Å². The number of hydrogen-bond donors (Lipinski definition) is 0. The van der Waals surface area contributed by atoms with Gasteiger partial charge in [0.15, 0.2) is 0 Å². The second-order valence-electron chi connectivity index (χ2n) is 8.75. The van der Waals surface area contributed by atoms with Gasteiger partial charge in [0.25, 0.3) is 0 Å². The number of likely N-dealkylation sites (tertiary alicyclic amines) is 1. The van der Waals surface area contributed by atoms with E-state index in [4.69, 9.17) is 0 Å². The van der Waals surface area contributed by atoms with Gasteiger partial charge in [-0.05, 0) is 49.7 Å². The van der Waals surface area contributed by atoms with Crippen molar-refractivity contribution in [2.45, 2.75) is 31.2 Å². The minimum Gasteiger partial charge on any atom is -0.308 e. The second-order valence-corrected chi connectivity index (χ2v) is 8.75. The lowest BCUT2D eigenvalue weighted by atomic mass is 9.87. The maximum absolute atomic E-state index is 14.2. The third kappa shape index (κ3) is 3.23. The second kappa shape index (κ2) is 7.73. The van der Waals surface area contributed by atoms with Crippen molar-refractivity contribution >= 4 is 11.6 Å². The SMILES string of the molecule is Cc1ccc2c(c1)[C@H]1CN(C)CC[C@@H]1N2C(=O)C(c1ccccc1)c1ccccc1. The quantitative estimate of drug-likeness (QED) is 0.625. The van der Waals surface area contributed by atoms with Crippen LogP contribution in [0.15, 0.2) is 78.9 Å². The molecule has 3 nitrogen and oxygen atoms in total. The maximum Gasteiger partial charge on any atom is 0.239 e. The van der Waals surface area contributed by atoms with E-state index in [9.17, 15) is 4.79 Å². The molecule has 0 unspecified atom stereocenters. The number of carbonyl (C=O) groups excluding carboxylic acids is 1. The third-order valence-electron chi connectivity index (χ3n) is 6.70. The molecule has 1 saturated heterocycles. The molecule has 3 aromatic rings. The van der Waals surface area contributed by atoms with Crippen LogP contribution in [-0.2, 0) is 4.79 Å². The molecule has 2 atom stereocenters. The van der Waals surface area contributed by atoms with Gasteiger partial charge in [-0.3, -0.25) is 4.79 Å². The zero-order valence-corrected chi connectivity index (χ0v) is 17.7. The van der Waals surface area contributed by atoms with Gasteiger partial charge in [0.1, 0.15) is 0 Å². The Balaban J connectivity index is 1.61. The van der Waals surface area contributed by atoms with E-state index in [1.165, 1.54) is 11.1 Å². The van der Waals surface area contributed by atoms with Crippen LogP contribution >= 0.6 is 0 Å². The van der Waals surface area contributed by atoms with Gasteiger partial charge < -0.3 is 9.80 Å². The number of piperidine rings is 1. The Labute approximate surface area is 178 Å². The Morgan fingerprint density at radius 2 is 1.57 bits per heavy atom. The minimum absolute atomic E-state index is 0.189. The first-order valence-electron chi connectivity index (χ1n) is 10.9. The molecule has 0 aromatic heterocycles. The average molecular weight is 397 g/mol. The van der Waals surface area contributed by atoms with Crippen molar-refractivity contribution in [2.24, 2.45) is 0 Å². The molecule has 2 aliphatic rings. The highest BCUT2D eigenvalue weighted by molar-refractivity contribution is 6.02. The van der Waals surface area contributed by atoms with Crippen molar-refractivity contribution in [3.05, 3.63) is 101 Å². The maximum atomic E-state index is 14.2. The molecule has 30 heavy (non-hydrogen) atoms. The van der Waals surface area contributed by atoms with E-state index in [1.54, 1.807) is 0 Å². The molecule has 5 rings (SSSR count). The Morgan fingerprint density at radius 1 is 0.933 bits per heavy atom. The predicted octanol–water partition coefficient (Wildman–Crippen LogP) is 4.96. The Kier molecular flexibility index (Phi) is 4.92. The van der Waals surface area contributed by atoms with Crippen molar-refractivity contribution in [3.8, 4) is 0 Å². The lowest BCUT2D eigenvalue weighted by molar-refractivity contribution is -0.119. The van der Waals surface area contributed by atoms with Crippen LogP contribution in [0.25, 0.3) is 0 Å². The lowest BCUT2D eigenvalue weighted by Gasteiger charge is -2.37. The summed E-state index contributed by atoms with van der Waals surface area (Å²) in [4.78, 5) is 18.8. The van der Waals surface area contributed by atoms with Gasteiger partial charge in [-0.15, -0.1) is 0 Å². The fourth-order valence-electron chi connectivity index (χ4n) is 5.28. The molecule has 3 heteroatoms. The number of anilines is 1. The molecule has 1 fully saturated rings. The zero-order valence-electron chi connectivity index (χ0n) is 17.7. The average Bonchev–Trinajstić information content (AvgIpc) is 3.08. The van der Waals surface area contributed by atoms with Crippen LogP contribution in [0.5, 0.6) is 0 Å². The van der Waals surface area contributed by atoms with Crippen molar-refractivity contribution in [2.75, 3.05) is 25.0 Å². The smallest absolute Gasteiger partial charge is 0.239 e. The number of fused-ring (bicyclic) bond motifs is 3. The molecule has 0 radical (unpaired) electrons. The van der Waals surface area contributed by atoms with Crippen LogP contribution in [0, 0.1) is 6.92 Å². The summed E-state index contributed by atoms with van der Waals surface area (Å²) in [5, 5.41) is 0. The number of rotatable bonds is 3. The third-order valence-corrected chi connectivity index (χ3v) is 6.70. The molecular weight excluding hydrogens is 368 g/mol. The molecule has 152 valence electrons. The van der Waals surface area contributed by atoms with Gasteiger partial charge >= 0.3 is 0 Å². The molecule has 0 bridgehead atoms. The lowest BCUT2D eigenvalue weighted by Crippen LogP contribution is -2.48. The fourth-order valence-corrected chi connectivity index (χ4v) is 5.28. The van der Waals surface area contributed by atoms with E-state index in [2.05, 4.69) is 66.2 Å². The summed E-state index contributed by atoms with van der Waals surface area (Å²) in [5.74, 6) is 0.282. The normalized spacial score (nSPS) is 20.8. The molecule has 2 heterocycles. The van der Waals surface area contributed by atoms with Crippen LogP contribution in [0.2, 0.25) is 0 Å². The fraction of sp³-hybridized carbons (Fsp3) is 0.296. The minimum atomic E-state index is -0.292. The number of carbonyl (C=O) groups is 1. The van der Waals surface area contributed by atoms with E-state index in [-0.39, 0.29) is 17.9 Å². The number of aryl methyl sites for hydroxylation is 1. The first kappa shape index (κ1) is 19.1. The standard InChI is InChI=1S/C27H28N2O/c1-19-13-14-24-22(17-19)23-18-28(2)16-15-25(23)29(24)27(30)26(20-9-5-3-6-10-20)21-11-7-4-8-12-21/h3-14,17,23,25-26H,15-16,18H2,1-2H3/t23-,25+/m1/s1. The van der Waals surface area contributed by atoms with Crippen LogP contribution in [-0.4, -0.2) is 37.0 Å². The van der Waals surface area contributed by atoms with Gasteiger partial charge in [0, 0.05) is 24.2 Å². The summed E-state index contributed by atoms with van der Waals surface area (Å²) in [7, 11) is 2.19. The molecule has 1 amide bonds. The highest BCUT2D eigenvalue weighted by Gasteiger charge is 2.45. The summed E-state index contributed by atoms with van der Waals surface area (Å²) in [6.45, 7) is 4.18. The predicted molar refractivity (Wildman–Crippen MR) is 122 cm³/mol. The molecular formula is C27H28N2O. The molecule has 0 N–H and O–H groups in total. The zero-order chi connectivity index (χ0) is 20.7. The first-order valence-corrected chi connectivity index (χ1v) is 10.9. The molecule has 2 aliphatic heterocycles. The van der Waals surface area contributed by atoms with E-state index >= 15 is 0 Å². The number of likely N-dealkylation sites (N-methyl/N-ethyl adjacent to an activating group) is 1. The summed E-state index contributed by atoms with van der Waals surface area (Å²) in [5.41, 5.74) is 5.81. The summed E-state index contributed by atoms with van der Waals surface area (Å²) < 4.78 is 0. The van der Waals surface area contributed by atoms with E-state index in [1.807, 2.05) is 36.4 Å². The van der Waals surface area contributed by atoms with Crippen molar-refractivity contribution in [1.82, 2.24) is 4.90 Å². The van der Waals surface area contributed by atoms with E-state index in [0.717, 1.165) is 36.3 Å². The summed E-state index contributed by atoms with van der Waals surface area (Å²) in [6.07, 6.45) is 1.01. The van der Waals surface area contributed by atoms with Gasteiger partial charge in [0.2, 0.25) is 5.91 Å². The van der Waals surface area contributed by atoms with Gasteiger partial charge in [-0.1, -0.05) is 78.4 Å². The first-order chi connectivity index (χ1) is 14.6. The van der Waals surface area contributed by atoms with Gasteiger partial charge in [0.05, 0.1) is 5.92 Å². The highest BCUT2D eigenvalue weighted by atomic mass is 16.2.